The Morgan fingerprint density at radius 1 is 1.25 bits per heavy atom. The molecule has 0 spiro atoms. The summed E-state index contributed by atoms with van der Waals surface area (Å²) in [5.41, 5.74) is 0. The molecule has 4 heteroatoms. The molecular formula is C8H20O3Si. The van der Waals surface area contributed by atoms with Gasteiger partial charge >= 0.3 is 0 Å². The van der Waals surface area contributed by atoms with Gasteiger partial charge in [0.15, 0.2) is 9.76 Å². The van der Waals surface area contributed by atoms with Crippen molar-refractivity contribution >= 4 is 9.76 Å². The van der Waals surface area contributed by atoms with Gasteiger partial charge in [0.1, 0.15) is 0 Å². The fourth-order valence-corrected chi connectivity index (χ4v) is 1.88. The zero-order chi connectivity index (χ0) is 9.61. The molecule has 0 atom stereocenters. The van der Waals surface area contributed by atoms with Crippen LogP contribution in [0.3, 0.4) is 0 Å². The van der Waals surface area contributed by atoms with Gasteiger partial charge < -0.3 is 13.9 Å². The molecule has 0 fully saturated rings. The van der Waals surface area contributed by atoms with Crippen LogP contribution in [-0.2, 0) is 13.9 Å². The number of ether oxygens (including phenoxy) is 2. The second-order valence-corrected chi connectivity index (χ2v) is 4.58. The smallest absolute Gasteiger partial charge is 0.269 e. The van der Waals surface area contributed by atoms with Gasteiger partial charge in [-0.15, -0.1) is 0 Å². The molecular weight excluding hydrogens is 172 g/mol. The molecule has 0 aliphatic heterocycles. The van der Waals surface area contributed by atoms with Crippen molar-refractivity contribution in [1.82, 2.24) is 0 Å². The summed E-state index contributed by atoms with van der Waals surface area (Å²) >= 11 is 0. The minimum atomic E-state index is -0.818. The van der Waals surface area contributed by atoms with E-state index in [9.17, 15) is 0 Å². The molecule has 0 aliphatic rings. The molecule has 3 nitrogen and oxygen atoms in total. The van der Waals surface area contributed by atoms with Crippen LogP contribution < -0.4 is 0 Å². The van der Waals surface area contributed by atoms with Gasteiger partial charge in [-0.05, 0) is 12.0 Å². The highest BCUT2D eigenvalue weighted by Crippen LogP contribution is 2.12. The maximum Gasteiger partial charge on any atom is 0.269 e. The molecule has 0 saturated heterocycles. The summed E-state index contributed by atoms with van der Waals surface area (Å²) in [6.45, 7) is 6.17. The summed E-state index contributed by atoms with van der Waals surface area (Å²) < 4.78 is 15.7. The lowest BCUT2D eigenvalue weighted by molar-refractivity contribution is -0.310. The summed E-state index contributed by atoms with van der Waals surface area (Å²) in [7, 11) is 2.67. The molecule has 0 N–H and O–H groups in total. The molecule has 74 valence electrons. The van der Waals surface area contributed by atoms with Crippen molar-refractivity contribution in [1.29, 1.82) is 0 Å². The van der Waals surface area contributed by atoms with Gasteiger partial charge in [-0.25, -0.2) is 0 Å². The summed E-state index contributed by atoms with van der Waals surface area (Å²) in [5, 5.41) is 0. The third kappa shape index (κ3) is 4.87. The quantitative estimate of drug-likeness (QED) is 0.466. The van der Waals surface area contributed by atoms with Gasteiger partial charge in [0.2, 0.25) is 0 Å². The molecule has 0 heterocycles. The lowest BCUT2D eigenvalue weighted by atomic mass is 10.3. The highest BCUT2D eigenvalue weighted by molar-refractivity contribution is 6.27. The van der Waals surface area contributed by atoms with Crippen molar-refractivity contribution in [3.63, 3.8) is 0 Å². The first-order valence-corrected chi connectivity index (χ1v) is 5.86. The Hall–Kier alpha value is 0.0969. The molecule has 0 saturated carbocycles. The van der Waals surface area contributed by atoms with Crippen LogP contribution in [-0.4, -0.2) is 30.0 Å². The Kier molecular flexibility index (Phi) is 5.74. The molecule has 0 unspecified atom stereocenters. The second-order valence-electron chi connectivity index (χ2n) is 3.30. The SMILES string of the molecule is COC(C)(OC)O[SiH2]CC(C)C. The van der Waals surface area contributed by atoms with Crippen LogP contribution in [0.15, 0.2) is 0 Å². The van der Waals surface area contributed by atoms with Crippen LogP contribution in [0, 0.1) is 5.92 Å². The molecule has 0 bridgehead atoms. The summed E-state index contributed by atoms with van der Waals surface area (Å²) in [5.74, 6) is -0.115. The highest BCUT2D eigenvalue weighted by Gasteiger charge is 2.22. The van der Waals surface area contributed by atoms with Crippen LogP contribution in [0.4, 0.5) is 0 Å². The zero-order valence-electron chi connectivity index (χ0n) is 8.72. The van der Waals surface area contributed by atoms with Crippen molar-refractivity contribution in [3.05, 3.63) is 0 Å². The fourth-order valence-electron chi connectivity index (χ4n) is 0.681. The Morgan fingerprint density at radius 2 is 1.75 bits per heavy atom. The van der Waals surface area contributed by atoms with Gasteiger partial charge in [-0.3, -0.25) is 0 Å². The molecule has 12 heavy (non-hydrogen) atoms. The second kappa shape index (κ2) is 5.69. The largest absolute Gasteiger partial charge is 0.376 e. The number of hydrogen-bond donors (Lipinski definition) is 0. The van der Waals surface area contributed by atoms with Crippen molar-refractivity contribution < 1.29 is 13.9 Å². The van der Waals surface area contributed by atoms with E-state index in [4.69, 9.17) is 13.9 Å². The first kappa shape index (κ1) is 12.1. The van der Waals surface area contributed by atoms with Crippen LogP contribution in [0.1, 0.15) is 20.8 Å². The minimum absolute atomic E-state index is 0.512. The lowest BCUT2D eigenvalue weighted by Crippen LogP contribution is -2.34. The molecule has 0 aromatic heterocycles. The molecule has 0 rings (SSSR count). The Morgan fingerprint density at radius 3 is 2.08 bits per heavy atom. The fraction of sp³-hybridized carbons (Fsp3) is 1.00. The Labute approximate surface area is 77.3 Å². The standard InChI is InChI=1S/C8H20O3Si/c1-7(2)6-12-11-8(3,9-4)10-5/h7H,6,12H2,1-5H3. The van der Waals surface area contributed by atoms with Crippen molar-refractivity contribution in [2.75, 3.05) is 14.2 Å². The predicted octanol–water partition coefficient (Wildman–Crippen LogP) is 1.13. The minimum Gasteiger partial charge on any atom is -0.376 e. The maximum absolute atomic E-state index is 5.53. The van der Waals surface area contributed by atoms with Crippen LogP contribution in [0.5, 0.6) is 0 Å². The Balaban J connectivity index is 3.58. The van der Waals surface area contributed by atoms with Crippen LogP contribution in [0.25, 0.3) is 0 Å². The zero-order valence-corrected chi connectivity index (χ0v) is 10.1. The third-order valence-electron chi connectivity index (χ3n) is 1.80. The van der Waals surface area contributed by atoms with Gasteiger partial charge in [-0.2, -0.15) is 0 Å². The number of rotatable bonds is 6. The van der Waals surface area contributed by atoms with Crippen molar-refractivity contribution in [2.24, 2.45) is 5.92 Å². The first-order chi connectivity index (χ1) is 5.54. The van der Waals surface area contributed by atoms with Crippen LogP contribution >= 0.6 is 0 Å². The third-order valence-corrected chi connectivity index (χ3v) is 3.92. The monoisotopic (exact) mass is 192 g/mol. The molecule has 0 aromatic carbocycles. The van der Waals surface area contributed by atoms with Gasteiger partial charge in [0.25, 0.3) is 5.97 Å². The Bertz CT molecular complexity index is 113. The van der Waals surface area contributed by atoms with E-state index >= 15 is 0 Å². The summed E-state index contributed by atoms with van der Waals surface area (Å²) in [6.07, 6.45) is 0. The van der Waals surface area contributed by atoms with Crippen LogP contribution in [0.2, 0.25) is 6.04 Å². The van der Waals surface area contributed by atoms with E-state index in [1.165, 1.54) is 0 Å². The van der Waals surface area contributed by atoms with Gasteiger partial charge in [0, 0.05) is 21.1 Å². The molecule has 0 amide bonds. The molecule has 0 radical (unpaired) electrons. The topological polar surface area (TPSA) is 27.7 Å². The average molecular weight is 192 g/mol. The van der Waals surface area contributed by atoms with E-state index in [1.807, 2.05) is 0 Å². The lowest BCUT2D eigenvalue weighted by Gasteiger charge is -2.26. The summed E-state index contributed by atoms with van der Waals surface area (Å²) in [6, 6.07) is 1.16. The highest BCUT2D eigenvalue weighted by atomic mass is 28.2. The normalized spacial score (nSPS) is 13.5. The number of methoxy groups -OCH3 is 2. The van der Waals surface area contributed by atoms with E-state index < -0.39 is 15.7 Å². The maximum atomic E-state index is 5.53. The molecule has 0 aliphatic carbocycles. The van der Waals surface area contributed by atoms with E-state index in [-0.39, 0.29) is 0 Å². The molecule has 0 aromatic rings. The van der Waals surface area contributed by atoms with E-state index in [0.717, 1.165) is 6.04 Å². The van der Waals surface area contributed by atoms with Crippen molar-refractivity contribution in [3.8, 4) is 0 Å². The van der Waals surface area contributed by atoms with E-state index in [0.29, 0.717) is 5.92 Å². The van der Waals surface area contributed by atoms with E-state index in [1.54, 1.807) is 21.1 Å². The predicted molar refractivity (Wildman–Crippen MR) is 51.7 cm³/mol. The first-order valence-electron chi connectivity index (χ1n) is 4.28. The van der Waals surface area contributed by atoms with Crippen molar-refractivity contribution in [2.45, 2.75) is 32.8 Å². The number of hydrogen-bond acceptors (Lipinski definition) is 3. The van der Waals surface area contributed by atoms with Gasteiger partial charge in [0.05, 0.1) is 0 Å². The van der Waals surface area contributed by atoms with E-state index in [2.05, 4.69) is 13.8 Å². The van der Waals surface area contributed by atoms with Gasteiger partial charge in [-0.1, -0.05) is 13.8 Å². The average Bonchev–Trinajstić information content (AvgIpc) is 2.03. The summed E-state index contributed by atoms with van der Waals surface area (Å²) in [4.78, 5) is 0.